The Bertz CT molecular complexity index is 240. The molecule has 0 amide bonds. The van der Waals surface area contributed by atoms with Gasteiger partial charge in [0.2, 0.25) is 0 Å². The summed E-state index contributed by atoms with van der Waals surface area (Å²) in [5, 5.41) is 3.58. The summed E-state index contributed by atoms with van der Waals surface area (Å²) >= 11 is 0. The van der Waals surface area contributed by atoms with Gasteiger partial charge in [0.15, 0.2) is 0 Å². The van der Waals surface area contributed by atoms with Crippen molar-refractivity contribution >= 4 is 0 Å². The van der Waals surface area contributed by atoms with Crippen LogP contribution in [0.25, 0.3) is 0 Å². The third kappa shape index (κ3) is 4.73. The first kappa shape index (κ1) is 15.3. The standard InChI is InChI=1S/C16H33N3/c1-17-16(15-6-4-5-7-15)13-19-10-8-14(9-11-19)12-18(2)3/h14-17H,4-13H2,1-3H3. The molecule has 2 fully saturated rings. The minimum Gasteiger partial charge on any atom is -0.315 e. The molecule has 1 aliphatic heterocycles. The second-order valence-electron chi connectivity index (χ2n) is 6.95. The molecule has 3 nitrogen and oxygen atoms in total. The van der Waals surface area contributed by atoms with Gasteiger partial charge in [0.25, 0.3) is 0 Å². The summed E-state index contributed by atoms with van der Waals surface area (Å²) in [6, 6.07) is 0.730. The quantitative estimate of drug-likeness (QED) is 0.794. The molecule has 1 atom stereocenters. The highest BCUT2D eigenvalue weighted by molar-refractivity contribution is 4.84. The van der Waals surface area contributed by atoms with Gasteiger partial charge in [0.1, 0.15) is 0 Å². The van der Waals surface area contributed by atoms with E-state index in [4.69, 9.17) is 0 Å². The van der Waals surface area contributed by atoms with Crippen LogP contribution in [0, 0.1) is 11.8 Å². The normalized spacial score (nSPS) is 25.3. The minimum absolute atomic E-state index is 0.730. The molecule has 1 unspecified atom stereocenters. The number of likely N-dealkylation sites (tertiary alicyclic amines) is 1. The average molecular weight is 267 g/mol. The van der Waals surface area contributed by atoms with E-state index in [9.17, 15) is 0 Å². The van der Waals surface area contributed by atoms with E-state index in [-0.39, 0.29) is 0 Å². The van der Waals surface area contributed by atoms with Crippen molar-refractivity contribution in [2.45, 2.75) is 44.6 Å². The fourth-order valence-electron chi connectivity index (χ4n) is 3.98. The van der Waals surface area contributed by atoms with Gasteiger partial charge in [-0.05, 0) is 71.8 Å². The van der Waals surface area contributed by atoms with Crippen molar-refractivity contribution in [1.29, 1.82) is 0 Å². The zero-order valence-corrected chi connectivity index (χ0v) is 13.2. The highest BCUT2D eigenvalue weighted by atomic mass is 15.2. The first-order valence-corrected chi connectivity index (χ1v) is 8.23. The van der Waals surface area contributed by atoms with Gasteiger partial charge in [0, 0.05) is 19.1 Å². The van der Waals surface area contributed by atoms with Crippen molar-refractivity contribution in [3.8, 4) is 0 Å². The summed E-state index contributed by atoms with van der Waals surface area (Å²) < 4.78 is 0. The average Bonchev–Trinajstić information content (AvgIpc) is 2.91. The van der Waals surface area contributed by atoms with Crippen LogP contribution in [0.2, 0.25) is 0 Å². The van der Waals surface area contributed by atoms with Crippen molar-refractivity contribution in [1.82, 2.24) is 15.1 Å². The minimum atomic E-state index is 0.730. The number of nitrogens with zero attached hydrogens (tertiary/aromatic N) is 2. The number of hydrogen-bond donors (Lipinski definition) is 1. The Morgan fingerprint density at radius 1 is 1.11 bits per heavy atom. The van der Waals surface area contributed by atoms with Gasteiger partial charge < -0.3 is 15.1 Å². The molecule has 2 rings (SSSR count). The predicted octanol–water partition coefficient (Wildman–Crippen LogP) is 2.04. The Morgan fingerprint density at radius 2 is 1.74 bits per heavy atom. The fraction of sp³-hybridized carbons (Fsp3) is 1.00. The highest BCUT2D eigenvalue weighted by Gasteiger charge is 2.27. The van der Waals surface area contributed by atoms with Crippen molar-refractivity contribution in [3.63, 3.8) is 0 Å². The second-order valence-corrected chi connectivity index (χ2v) is 6.95. The summed E-state index contributed by atoms with van der Waals surface area (Å²) in [5.41, 5.74) is 0. The molecule has 1 aliphatic carbocycles. The number of nitrogens with one attached hydrogen (secondary N) is 1. The van der Waals surface area contributed by atoms with Gasteiger partial charge in [0.05, 0.1) is 0 Å². The molecule has 0 aromatic rings. The first-order valence-electron chi connectivity index (χ1n) is 8.23. The molecule has 0 aromatic heterocycles. The van der Waals surface area contributed by atoms with Crippen molar-refractivity contribution in [2.24, 2.45) is 11.8 Å². The topological polar surface area (TPSA) is 18.5 Å². The van der Waals surface area contributed by atoms with E-state index in [2.05, 4.69) is 36.3 Å². The molecule has 1 saturated heterocycles. The summed E-state index contributed by atoms with van der Waals surface area (Å²) in [5.74, 6) is 1.86. The lowest BCUT2D eigenvalue weighted by molar-refractivity contribution is 0.140. The second kappa shape index (κ2) is 7.61. The molecule has 0 aromatic carbocycles. The molecule has 2 aliphatic rings. The van der Waals surface area contributed by atoms with Gasteiger partial charge in [-0.3, -0.25) is 0 Å². The van der Waals surface area contributed by atoms with Crippen LogP contribution in [-0.4, -0.2) is 63.2 Å². The molecule has 0 spiro atoms. The first-order chi connectivity index (χ1) is 9.19. The SMILES string of the molecule is CNC(CN1CCC(CN(C)C)CC1)C1CCCC1. The molecule has 1 N–H and O–H groups in total. The summed E-state index contributed by atoms with van der Waals surface area (Å²) in [6.07, 6.45) is 8.57. The van der Waals surface area contributed by atoms with E-state index in [1.54, 1.807) is 0 Å². The number of piperidine rings is 1. The van der Waals surface area contributed by atoms with Crippen LogP contribution < -0.4 is 5.32 Å². The third-order valence-electron chi connectivity index (χ3n) is 5.13. The maximum atomic E-state index is 3.58. The van der Waals surface area contributed by atoms with Crippen LogP contribution in [0.15, 0.2) is 0 Å². The molecule has 0 radical (unpaired) electrons. The fourth-order valence-corrected chi connectivity index (χ4v) is 3.98. The van der Waals surface area contributed by atoms with E-state index >= 15 is 0 Å². The molecule has 0 bridgehead atoms. The largest absolute Gasteiger partial charge is 0.315 e. The molecule has 3 heteroatoms. The van der Waals surface area contributed by atoms with E-state index in [1.807, 2.05) is 0 Å². The number of rotatable bonds is 6. The van der Waals surface area contributed by atoms with E-state index in [0.717, 1.165) is 17.9 Å². The highest BCUT2D eigenvalue weighted by Crippen LogP contribution is 2.28. The number of hydrogen-bond acceptors (Lipinski definition) is 3. The zero-order chi connectivity index (χ0) is 13.7. The van der Waals surface area contributed by atoms with Crippen molar-refractivity contribution < 1.29 is 0 Å². The maximum Gasteiger partial charge on any atom is 0.0220 e. The molecular weight excluding hydrogens is 234 g/mol. The van der Waals surface area contributed by atoms with E-state index in [0.29, 0.717) is 0 Å². The number of likely N-dealkylation sites (N-methyl/N-ethyl adjacent to an activating group) is 1. The van der Waals surface area contributed by atoms with E-state index in [1.165, 1.54) is 64.7 Å². The van der Waals surface area contributed by atoms with Gasteiger partial charge in [-0.1, -0.05) is 12.8 Å². The summed E-state index contributed by atoms with van der Waals surface area (Å²) in [7, 11) is 6.55. The maximum absolute atomic E-state index is 3.58. The summed E-state index contributed by atoms with van der Waals surface area (Å²) in [6.45, 7) is 5.16. The van der Waals surface area contributed by atoms with Crippen LogP contribution in [0.5, 0.6) is 0 Å². The summed E-state index contributed by atoms with van der Waals surface area (Å²) in [4.78, 5) is 5.04. The molecule has 112 valence electrons. The Kier molecular flexibility index (Phi) is 6.11. The van der Waals surface area contributed by atoms with Crippen LogP contribution >= 0.6 is 0 Å². The van der Waals surface area contributed by atoms with Crippen LogP contribution in [0.1, 0.15) is 38.5 Å². The molecule has 19 heavy (non-hydrogen) atoms. The van der Waals surface area contributed by atoms with Gasteiger partial charge >= 0.3 is 0 Å². The van der Waals surface area contributed by atoms with Crippen molar-refractivity contribution in [2.75, 3.05) is 47.3 Å². The van der Waals surface area contributed by atoms with Gasteiger partial charge in [-0.15, -0.1) is 0 Å². The smallest absolute Gasteiger partial charge is 0.0220 e. The Morgan fingerprint density at radius 3 is 2.26 bits per heavy atom. The third-order valence-corrected chi connectivity index (χ3v) is 5.13. The lowest BCUT2D eigenvalue weighted by Gasteiger charge is -2.36. The lowest BCUT2D eigenvalue weighted by Crippen LogP contribution is -2.46. The molecular formula is C16H33N3. The van der Waals surface area contributed by atoms with E-state index < -0.39 is 0 Å². The van der Waals surface area contributed by atoms with Crippen molar-refractivity contribution in [3.05, 3.63) is 0 Å². The van der Waals surface area contributed by atoms with Crippen LogP contribution in [0.3, 0.4) is 0 Å². The Labute approximate surface area is 119 Å². The molecule has 1 heterocycles. The molecule has 1 saturated carbocycles. The predicted molar refractivity (Wildman–Crippen MR) is 82.5 cm³/mol. The van der Waals surface area contributed by atoms with Gasteiger partial charge in [-0.25, -0.2) is 0 Å². The zero-order valence-electron chi connectivity index (χ0n) is 13.2. The Balaban J connectivity index is 1.71. The monoisotopic (exact) mass is 267 g/mol. The van der Waals surface area contributed by atoms with Crippen LogP contribution in [0.4, 0.5) is 0 Å². The van der Waals surface area contributed by atoms with Gasteiger partial charge in [-0.2, -0.15) is 0 Å². The lowest BCUT2D eigenvalue weighted by atomic mass is 9.93. The van der Waals surface area contributed by atoms with Crippen LogP contribution in [-0.2, 0) is 0 Å². The Hall–Kier alpha value is -0.120.